The number of nitrogens with zero attached hydrogens (tertiary/aromatic N) is 3. The minimum absolute atomic E-state index is 0.169. The molecule has 2 rings (SSSR count). The average molecular weight is 293 g/mol. The van der Waals surface area contributed by atoms with Gasteiger partial charge in [-0.05, 0) is 19.9 Å². The van der Waals surface area contributed by atoms with Crippen LogP contribution >= 0.6 is 11.3 Å². The fourth-order valence-electron chi connectivity index (χ4n) is 1.86. The second-order valence-electron chi connectivity index (χ2n) is 4.62. The highest BCUT2D eigenvalue weighted by atomic mass is 32.1. The molecule has 0 radical (unpaired) electrons. The van der Waals surface area contributed by atoms with Gasteiger partial charge in [0.15, 0.2) is 0 Å². The first-order valence-corrected chi connectivity index (χ1v) is 7.29. The molecule has 0 saturated carbocycles. The van der Waals surface area contributed by atoms with Gasteiger partial charge in [-0.25, -0.2) is 9.78 Å². The highest BCUT2D eigenvalue weighted by Gasteiger charge is 2.05. The second kappa shape index (κ2) is 6.51. The monoisotopic (exact) mass is 293 g/mol. The van der Waals surface area contributed by atoms with Gasteiger partial charge < -0.3 is 10.6 Å². The van der Waals surface area contributed by atoms with Crippen LogP contribution in [-0.4, -0.2) is 27.3 Å². The highest BCUT2D eigenvalue weighted by Crippen LogP contribution is 2.10. The quantitative estimate of drug-likeness (QED) is 0.878. The number of aryl methyl sites for hydroxylation is 3. The lowest BCUT2D eigenvalue weighted by atomic mass is 10.3. The van der Waals surface area contributed by atoms with E-state index in [1.165, 1.54) is 4.88 Å². The van der Waals surface area contributed by atoms with Crippen LogP contribution in [0.5, 0.6) is 0 Å². The normalized spacial score (nSPS) is 10.6. The fourth-order valence-corrected chi connectivity index (χ4v) is 2.65. The van der Waals surface area contributed by atoms with Crippen molar-refractivity contribution < 1.29 is 4.79 Å². The van der Waals surface area contributed by atoms with E-state index in [2.05, 4.69) is 20.7 Å². The molecule has 0 spiro atoms. The van der Waals surface area contributed by atoms with Crippen molar-refractivity contribution in [2.24, 2.45) is 7.05 Å². The summed E-state index contributed by atoms with van der Waals surface area (Å²) in [7, 11) is 1.87. The summed E-state index contributed by atoms with van der Waals surface area (Å²) in [4.78, 5) is 17.1. The Kier molecular flexibility index (Phi) is 4.73. The SMILES string of the molecule is Cc1cc(CNC(=O)NCCc2ncc(C)s2)n(C)n1. The molecule has 7 heteroatoms. The smallest absolute Gasteiger partial charge is 0.315 e. The zero-order chi connectivity index (χ0) is 14.5. The number of carbonyl (C=O) groups is 1. The first-order chi connectivity index (χ1) is 9.54. The molecule has 2 aromatic rings. The number of hydrogen-bond donors (Lipinski definition) is 2. The van der Waals surface area contributed by atoms with Crippen LogP contribution in [0.2, 0.25) is 0 Å². The van der Waals surface area contributed by atoms with Crippen molar-refractivity contribution in [1.82, 2.24) is 25.4 Å². The largest absolute Gasteiger partial charge is 0.338 e. The molecule has 0 aliphatic heterocycles. The van der Waals surface area contributed by atoms with Crippen molar-refractivity contribution in [1.29, 1.82) is 0 Å². The van der Waals surface area contributed by atoms with Gasteiger partial charge in [-0.15, -0.1) is 11.3 Å². The predicted molar refractivity (Wildman–Crippen MR) is 78.7 cm³/mol. The Bertz CT molecular complexity index is 589. The summed E-state index contributed by atoms with van der Waals surface area (Å²) in [5.41, 5.74) is 1.93. The second-order valence-corrected chi connectivity index (χ2v) is 5.94. The predicted octanol–water partition coefficient (Wildman–Crippen LogP) is 1.54. The van der Waals surface area contributed by atoms with E-state index in [1.54, 1.807) is 16.0 Å². The Labute approximate surface area is 122 Å². The number of aromatic nitrogens is 3. The van der Waals surface area contributed by atoms with Gasteiger partial charge in [0.05, 0.1) is 22.9 Å². The van der Waals surface area contributed by atoms with E-state index < -0.39 is 0 Å². The summed E-state index contributed by atoms with van der Waals surface area (Å²) >= 11 is 1.66. The number of carbonyl (C=O) groups excluding carboxylic acids is 1. The Hall–Kier alpha value is -1.89. The van der Waals surface area contributed by atoms with E-state index in [0.717, 1.165) is 22.8 Å². The third-order valence-corrected chi connectivity index (χ3v) is 3.80. The Balaban J connectivity index is 1.69. The van der Waals surface area contributed by atoms with E-state index >= 15 is 0 Å². The first kappa shape index (κ1) is 14.5. The van der Waals surface area contributed by atoms with Crippen LogP contribution in [0.25, 0.3) is 0 Å². The molecule has 0 aliphatic rings. The molecule has 20 heavy (non-hydrogen) atoms. The van der Waals surface area contributed by atoms with Gasteiger partial charge >= 0.3 is 6.03 Å². The van der Waals surface area contributed by atoms with E-state index in [0.29, 0.717) is 13.1 Å². The summed E-state index contributed by atoms with van der Waals surface area (Å²) in [5.74, 6) is 0. The molecule has 2 heterocycles. The lowest BCUT2D eigenvalue weighted by Crippen LogP contribution is -2.36. The number of nitrogens with one attached hydrogen (secondary N) is 2. The summed E-state index contributed by atoms with van der Waals surface area (Å²) in [5, 5.41) is 10.9. The fraction of sp³-hybridized carbons (Fsp3) is 0.462. The van der Waals surface area contributed by atoms with Gasteiger partial charge in [-0.3, -0.25) is 4.68 Å². The average Bonchev–Trinajstić information content (AvgIpc) is 2.93. The molecule has 0 aromatic carbocycles. The van der Waals surface area contributed by atoms with Crippen LogP contribution in [0.15, 0.2) is 12.3 Å². The van der Waals surface area contributed by atoms with Crippen LogP contribution in [0, 0.1) is 13.8 Å². The number of rotatable bonds is 5. The molecule has 0 bridgehead atoms. The van der Waals surface area contributed by atoms with Gasteiger partial charge in [0.2, 0.25) is 0 Å². The topological polar surface area (TPSA) is 71.8 Å². The van der Waals surface area contributed by atoms with Crippen LogP contribution in [-0.2, 0) is 20.0 Å². The molecule has 108 valence electrons. The lowest BCUT2D eigenvalue weighted by Gasteiger charge is -2.07. The van der Waals surface area contributed by atoms with Crippen molar-refractivity contribution in [2.45, 2.75) is 26.8 Å². The molecular weight excluding hydrogens is 274 g/mol. The minimum atomic E-state index is -0.169. The molecule has 2 amide bonds. The van der Waals surface area contributed by atoms with Crippen molar-refractivity contribution in [3.63, 3.8) is 0 Å². The van der Waals surface area contributed by atoms with Crippen molar-refractivity contribution in [3.05, 3.63) is 33.5 Å². The van der Waals surface area contributed by atoms with E-state index in [9.17, 15) is 4.79 Å². The summed E-state index contributed by atoms with van der Waals surface area (Å²) in [6, 6.07) is 1.79. The van der Waals surface area contributed by atoms with Gasteiger partial charge in [0, 0.05) is 31.1 Å². The first-order valence-electron chi connectivity index (χ1n) is 6.47. The third-order valence-electron chi connectivity index (χ3n) is 2.82. The van der Waals surface area contributed by atoms with E-state index in [4.69, 9.17) is 0 Å². The summed E-state index contributed by atoms with van der Waals surface area (Å²) in [6.45, 7) is 5.01. The molecule has 0 saturated heterocycles. The maximum atomic E-state index is 11.7. The molecular formula is C13H19N5OS. The van der Waals surface area contributed by atoms with Crippen molar-refractivity contribution in [3.8, 4) is 0 Å². The zero-order valence-electron chi connectivity index (χ0n) is 11.9. The van der Waals surface area contributed by atoms with Crippen molar-refractivity contribution >= 4 is 17.4 Å². The minimum Gasteiger partial charge on any atom is -0.338 e. The van der Waals surface area contributed by atoms with E-state index in [-0.39, 0.29) is 6.03 Å². The Morgan fingerprint density at radius 2 is 2.20 bits per heavy atom. The zero-order valence-corrected chi connectivity index (χ0v) is 12.8. The lowest BCUT2D eigenvalue weighted by molar-refractivity contribution is 0.240. The molecule has 0 unspecified atom stereocenters. The molecule has 6 nitrogen and oxygen atoms in total. The molecule has 2 aromatic heterocycles. The standard InChI is InChI=1S/C13H19N5OS/c1-9-6-11(18(3)17-9)8-16-13(19)14-5-4-12-15-7-10(2)20-12/h6-7H,4-5,8H2,1-3H3,(H2,14,16,19). The molecule has 2 N–H and O–H groups in total. The highest BCUT2D eigenvalue weighted by molar-refractivity contribution is 7.11. The van der Waals surface area contributed by atoms with Crippen LogP contribution in [0.1, 0.15) is 21.3 Å². The van der Waals surface area contributed by atoms with Gasteiger partial charge in [-0.2, -0.15) is 5.10 Å². The van der Waals surface area contributed by atoms with Crippen LogP contribution in [0.4, 0.5) is 4.79 Å². The van der Waals surface area contributed by atoms with Crippen LogP contribution < -0.4 is 10.6 Å². The number of urea groups is 1. The molecule has 0 fully saturated rings. The van der Waals surface area contributed by atoms with Gasteiger partial charge in [0.25, 0.3) is 0 Å². The summed E-state index contributed by atoms with van der Waals surface area (Å²) in [6.07, 6.45) is 2.61. The number of thiazole rings is 1. The van der Waals surface area contributed by atoms with Crippen LogP contribution in [0.3, 0.4) is 0 Å². The Morgan fingerprint density at radius 1 is 1.40 bits per heavy atom. The third kappa shape index (κ3) is 4.06. The molecule has 0 atom stereocenters. The van der Waals surface area contributed by atoms with Crippen molar-refractivity contribution in [2.75, 3.05) is 6.54 Å². The maximum absolute atomic E-state index is 11.7. The number of hydrogen-bond acceptors (Lipinski definition) is 4. The van der Waals surface area contributed by atoms with Gasteiger partial charge in [0.1, 0.15) is 0 Å². The van der Waals surface area contributed by atoms with Gasteiger partial charge in [-0.1, -0.05) is 0 Å². The molecule has 0 aliphatic carbocycles. The number of amides is 2. The van der Waals surface area contributed by atoms with E-state index in [1.807, 2.05) is 33.2 Å². The summed E-state index contributed by atoms with van der Waals surface area (Å²) < 4.78 is 1.77. The maximum Gasteiger partial charge on any atom is 0.315 e. The Morgan fingerprint density at radius 3 is 2.80 bits per heavy atom.